The number of nitrogens with zero attached hydrogens (tertiary/aromatic N) is 3. The number of nitrogens with two attached hydrogens (primary N) is 1. The van der Waals surface area contributed by atoms with Crippen LogP contribution >= 0.6 is 11.3 Å². The van der Waals surface area contributed by atoms with E-state index in [1.165, 1.54) is 11.3 Å². The number of anilines is 2. The van der Waals surface area contributed by atoms with Gasteiger partial charge in [-0.3, -0.25) is 10.00 Å². The van der Waals surface area contributed by atoms with Crippen LogP contribution in [0.25, 0.3) is 0 Å². The first kappa shape index (κ1) is 14.3. The third-order valence-electron chi connectivity index (χ3n) is 2.14. The van der Waals surface area contributed by atoms with Gasteiger partial charge in [0.05, 0.1) is 12.2 Å². The number of thiazole rings is 1. The molecule has 0 aliphatic rings. The highest BCUT2D eigenvalue weighted by Crippen LogP contribution is 2.17. The number of ether oxygens (including phenoxy) is 1. The Morgan fingerprint density at radius 2 is 2.30 bits per heavy atom. The molecular weight excluding hydrogens is 278 g/mol. The van der Waals surface area contributed by atoms with Gasteiger partial charge in [0.1, 0.15) is 11.4 Å². The number of carbonyl (C=O) groups excluding carboxylic acids is 1. The molecule has 0 aliphatic heterocycles. The minimum absolute atomic E-state index is 0.465. The molecule has 2 heterocycles. The van der Waals surface area contributed by atoms with Crippen LogP contribution in [0, 0.1) is 0 Å². The Labute approximate surface area is 120 Å². The molecule has 0 saturated heterocycles. The van der Waals surface area contributed by atoms with Gasteiger partial charge in [-0.05, 0) is 26.8 Å². The molecule has 8 heteroatoms. The van der Waals surface area contributed by atoms with Crippen molar-refractivity contribution in [3.63, 3.8) is 0 Å². The van der Waals surface area contributed by atoms with Gasteiger partial charge in [0.25, 0.3) is 0 Å². The SMILES string of the molecule is CC(C)(C)OC(=O)Nc1nc(Cn2ccc(N)n2)cs1. The lowest BCUT2D eigenvalue weighted by Gasteiger charge is -2.18. The quantitative estimate of drug-likeness (QED) is 0.906. The predicted molar refractivity (Wildman–Crippen MR) is 77.7 cm³/mol. The van der Waals surface area contributed by atoms with E-state index in [0.29, 0.717) is 17.5 Å². The van der Waals surface area contributed by atoms with E-state index >= 15 is 0 Å². The number of hydrogen-bond donors (Lipinski definition) is 2. The molecule has 2 aromatic rings. The average Bonchev–Trinajstić information content (AvgIpc) is 2.86. The van der Waals surface area contributed by atoms with Gasteiger partial charge in [-0.15, -0.1) is 11.3 Å². The Kier molecular flexibility index (Phi) is 3.93. The molecule has 7 nitrogen and oxygen atoms in total. The van der Waals surface area contributed by atoms with Crippen molar-refractivity contribution < 1.29 is 9.53 Å². The summed E-state index contributed by atoms with van der Waals surface area (Å²) >= 11 is 1.33. The van der Waals surface area contributed by atoms with Crippen molar-refractivity contribution in [2.45, 2.75) is 32.9 Å². The Morgan fingerprint density at radius 3 is 2.90 bits per heavy atom. The van der Waals surface area contributed by atoms with Crippen LogP contribution in [0.3, 0.4) is 0 Å². The maximum absolute atomic E-state index is 11.6. The standard InChI is InChI=1S/C12H17N5O2S/c1-12(2,3)19-11(18)15-10-14-8(7-20-10)6-17-5-4-9(13)16-17/h4-5,7H,6H2,1-3H3,(H2,13,16)(H,14,15,18). The molecular formula is C12H17N5O2S. The second-order valence-corrected chi connectivity index (χ2v) is 6.07. The number of nitrogen functional groups attached to an aromatic ring is 1. The van der Waals surface area contributed by atoms with Crippen molar-refractivity contribution >= 4 is 28.4 Å². The zero-order chi connectivity index (χ0) is 14.8. The molecule has 20 heavy (non-hydrogen) atoms. The normalized spacial score (nSPS) is 11.3. The smallest absolute Gasteiger partial charge is 0.413 e. The molecule has 1 amide bonds. The highest BCUT2D eigenvalue weighted by molar-refractivity contribution is 7.13. The Bertz CT molecular complexity index is 599. The summed E-state index contributed by atoms with van der Waals surface area (Å²) < 4.78 is 6.84. The second kappa shape index (κ2) is 5.49. The zero-order valence-electron chi connectivity index (χ0n) is 11.6. The number of carbonyl (C=O) groups is 1. The molecule has 0 fully saturated rings. The van der Waals surface area contributed by atoms with Crippen LogP contribution in [0.1, 0.15) is 26.5 Å². The monoisotopic (exact) mass is 295 g/mol. The first-order valence-electron chi connectivity index (χ1n) is 6.05. The number of aromatic nitrogens is 3. The molecule has 0 spiro atoms. The van der Waals surface area contributed by atoms with E-state index in [0.717, 1.165) is 5.69 Å². The highest BCUT2D eigenvalue weighted by atomic mass is 32.1. The fourth-order valence-electron chi connectivity index (χ4n) is 1.46. The lowest BCUT2D eigenvalue weighted by molar-refractivity contribution is 0.0636. The molecule has 0 radical (unpaired) electrons. The van der Waals surface area contributed by atoms with Gasteiger partial charge in [0, 0.05) is 11.6 Å². The topological polar surface area (TPSA) is 95.1 Å². The van der Waals surface area contributed by atoms with Crippen molar-refractivity contribution in [2.24, 2.45) is 0 Å². The summed E-state index contributed by atoms with van der Waals surface area (Å²) in [6.07, 6.45) is 1.26. The number of nitrogens with one attached hydrogen (secondary N) is 1. The molecule has 0 aliphatic carbocycles. The number of amides is 1. The summed E-state index contributed by atoms with van der Waals surface area (Å²) in [7, 11) is 0. The summed E-state index contributed by atoms with van der Waals surface area (Å²) in [4.78, 5) is 15.9. The average molecular weight is 295 g/mol. The zero-order valence-corrected chi connectivity index (χ0v) is 12.4. The van der Waals surface area contributed by atoms with Crippen LogP contribution < -0.4 is 11.1 Å². The van der Waals surface area contributed by atoms with Gasteiger partial charge < -0.3 is 10.5 Å². The lowest BCUT2D eigenvalue weighted by atomic mass is 10.2. The van der Waals surface area contributed by atoms with Crippen molar-refractivity contribution in [2.75, 3.05) is 11.1 Å². The first-order valence-corrected chi connectivity index (χ1v) is 6.93. The van der Waals surface area contributed by atoms with Gasteiger partial charge in [-0.25, -0.2) is 9.78 Å². The van der Waals surface area contributed by atoms with Crippen molar-refractivity contribution in [1.82, 2.24) is 14.8 Å². The molecule has 3 N–H and O–H groups in total. The minimum atomic E-state index is -0.531. The molecule has 0 saturated carbocycles. The van der Waals surface area contributed by atoms with E-state index in [1.807, 2.05) is 26.2 Å². The highest BCUT2D eigenvalue weighted by Gasteiger charge is 2.17. The van der Waals surface area contributed by atoms with Gasteiger partial charge in [0.2, 0.25) is 0 Å². The van der Waals surface area contributed by atoms with Gasteiger partial charge in [0.15, 0.2) is 5.13 Å². The molecule has 2 aromatic heterocycles. The lowest BCUT2D eigenvalue weighted by Crippen LogP contribution is -2.27. The van der Waals surface area contributed by atoms with E-state index in [2.05, 4.69) is 15.4 Å². The number of rotatable bonds is 3. The maximum atomic E-state index is 11.6. The van der Waals surface area contributed by atoms with Crippen molar-refractivity contribution in [3.8, 4) is 0 Å². The van der Waals surface area contributed by atoms with Gasteiger partial charge in [-0.2, -0.15) is 5.10 Å². The molecule has 0 aromatic carbocycles. The summed E-state index contributed by atoms with van der Waals surface area (Å²) in [6, 6.07) is 1.71. The minimum Gasteiger partial charge on any atom is -0.444 e. The second-order valence-electron chi connectivity index (χ2n) is 5.21. The summed E-state index contributed by atoms with van der Waals surface area (Å²) in [5.41, 5.74) is 5.80. The Hall–Kier alpha value is -2.09. The molecule has 0 atom stereocenters. The fraction of sp³-hybridized carbons (Fsp3) is 0.417. The fourth-order valence-corrected chi connectivity index (χ4v) is 2.15. The predicted octanol–water partition coefficient (Wildman–Crippen LogP) is 2.32. The van der Waals surface area contributed by atoms with Crippen LogP contribution in [0.4, 0.5) is 15.7 Å². The van der Waals surface area contributed by atoms with E-state index < -0.39 is 11.7 Å². The van der Waals surface area contributed by atoms with Crippen LogP contribution in [-0.2, 0) is 11.3 Å². The number of hydrogen-bond acceptors (Lipinski definition) is 6. The van der Waals surface area contributed by atoms with Crippen LogP contribution in [0.15, 0.2) is 17.6 Å². The molecule has 108 valence electrons. The first-order chi connectivity index (χ1) is 9.32. The van der Waals surface area contributed by atoms with Gasteiger partial charge >= 0.3 is 6.09 Å². The van der Waals surface area contributed by atoms with E-state index in [1.54, 1.807) is 16.9 Å². The molecule has 0 bridgehead atoms. The van der Waals surface area contributed by atoms with E-state index in [4.69, 9.17) is 10.5 Å². The van der Waals surface area contributed by atoms with Crippen molar-refractivity contribution in [3.05, 3.63) is 23.3 Å². The summed E-state index contributed by atoms with van der Waals surface area (Å²) in [5.74, 6) is 0.465. The summed E-state index contributed by atoms with van der Waals surface area (Å²) in [6.45, 7) is 5.93. The third kappa shape index (κ3) is 4.23. The Morgan fingerprint density at radius 1 is 1.55 bits per heavy atom. The largest absolute Gasteiger partial charge is 0.444 e. The summed E-state index contributed by atoms with van der Waals surface area (Å²) in [5, 5.41) is 9.02. The van der Waals surface area contributed by atoms with E-state index in [9.17, 15) is 4.79 Å². The van der Waals surface area contributed by atoms with Crippen molar-refractivity contribution in [1.29, 1.82) is 0 Å². The Balaban J connectivity index is 1.94. The third-order valence-corrected chi connectivity index (χ3v) is 2.95. The van der Waals surface area contributed by atoms with Crippen LogP contribution in [0.5, 0.6) is 0 Å². The molecule has 2 rings (SSSR count). The maximum Gasteiger partial charge on any atom is 0.413 e. The van der Waals surface area contributed by atoms with E-state index in [-0.39, 0.29) is 0 Å². The molecule has 0 unspecified atom stereocenters. The van der Waals surface area contributed by atoms with Crippen LogP contribution in [0.2, 0.25) is 0 Å². The van der Waals surface area contributed by atoms with Crippen LogP contribution in [-0.4, -0.2) is 26.5 Å². The van der Waals surface area contributed by atoms with Gasteiger partial charge in [-0.1, -0.05) is 0 Å².